The Balaban J connectivity index is 1.60. The molecule has 2 unspecified atom stereocenters. The highest BCUT2D eigenvalue weighted by atomic mass is 32.2. The zero-order valence-corrected chi connectivity index (χ0v) is 15.5. The van der Waals surface area contributed by atoms with Crippen LogP contribution in [0.25, 0.3) is 0 Å². The molecule has 3 rings (SSSR count). The van der Waals surface area contributed by atoms with Crippen LogP contribution in [0.2, 0.25) is 0 Å². The van der Waals surface area contributed by atoms with E-state index in [1.165, 1.54) is 15.6 Å². The fourth-order valence-electron chi connectivity index (χ4n) is 3.22. The Labute approximate surface area is 147 Å². The molecule has 0 aromatic carbocycles. The standard InChI is InChI=1S/C16H24N2O4S2/c1-12-6-7-15(23-12)24(20,21)18-8-2-4-13(11-18)16(19)17-10-14-5-3-9-22-14/h6-7,13-14H,2-5,8-11H2,1H3,(H,17,19). The average molecular weight is 373 g/mol. The maximum absolute atomic E-state index is 12.7. The first-order chi connectivity index (χ1) is 11.5. The van der Waals surface area contributed by atoms with Crippen molar-refractivity contribution in [2.24, 2.45) is 5.92 Å². The van der Waals surface area contributed by atoms with Gasteiger partial charge in [0.05, 0.1) is 12.0 Å². The van der Waals surface area contributed by atoms with Crippen molar-refractivity contribution in [3.63, 3.8) is 0 Å². The molecular formula is C16H24N2O4S2. The summed E-state index contributed by atoms with van der Waals surface area (Å²) in [7, 11) is -3.49. The number of amides is 1. The second-order valence-electron chi connectivity index (χ2n) is 6.45. The largest absolute Gasteiger partial charge is 0.376 e. The molecule has 2 atom stereocenters. The van der Waals surface area contributed by atoms with Crippen LogP contribution in [0.3, 0.4) is 0 Å². The van der Waals surface area contributed by atoms with Crippen molar-refractivity contribution in [1.29, 1.82) is 0 Å². The molecule has 134 valence electrons. The molecule has 24 heavy (non-hydrogen) atoms. The summed E-state index contributed by atoms with van der Waals surface area (Å²) in [5.41, 5.74) is 0. The first-order valence-corrected chi connectivity index (χ1v) is 10.7. The van der Waals surface area contributed by atoms with Gasteiger partial charge >= 0.3 is 0 Å². The number of nitrogens with one attached hydrogen (secondary N) is 1. The fraction of sp³-hybridized carbons (Fsp3) is 0.688. The summed E-state index contributed by atoms with van der Waals surface area (Å²) in [4.78, 5) is 13.4. The monoisotopic (exact) mass is 372 g/mol. The Hall–Kier alpha value is -0.960. The molecule has 2 saturated heterocycles. The molecule has 1 aromatic heterocycles. The van der Waals surface area contributed by atoms with Crippen LogP contribution in [0.5, 0.6) is 0 Å². The lowest BCUT2D eigenvalue weighted by Gasteiger charge is -2.31. The number of carbonyl (C=O) groups is 1. The molecule has 3 heterocycles. The maximum atomic E-state index is 12.7. The van der Waals surface area contributed by atoms with E-state index in [1.807, 2.05) is 13.0 Å². The van der Waals surface area contributed by atoms with Gasteiger partial charge in [0.1, 0.15) is 4.21 Å². The highest BCUT2D eigenvalue weighted by molar-refractivity contribution is 7.91. The summed E-state index contributed by atoms with van der Waals surface area (Å²) in [5, 5.41) is 2.93. The first kappa shape index (κ1) is 17.8. The molecule has 0 bridgehead atoms. The summed E-state index contributed by atoms with van der Waals surface area (Å²) in [6.07, 6.45) is 3.56. The van der Waals surface area contributed by atoms with Gasteiger partial charge in [-0.15, -0.1) is 11.3 Å². The molecule has 1 aromatic rings. The van der Waals surface area contributed by atoms with Crippen LogP contribution in [0.4, 0.5) is 0 Å². The van der Waals surface area contributed by atoms with E-state index >= 15 is 0 Å². The van der Waals surface area contributed by atoms with Crippen LogP contribution in [0, 0.1) is 12.8 Å². The van der Waals surface area contributed by atoms with Gasteiger partial charge < -0.3 is 10.1 Å². The number of aryl methyl sites for hydroxylation is 1. The van der Waals surface area contributed by atoms with Gasteiger partial charge in [0.2, 0.25) is 5.91 Å². The number of piperidine rings is 1. The van der Waals surface area contributed by atoms with Crippen LogP contribution in [0.1, 0.15) is 30.6 Å². The molecule has 0 spiro atoms. The van der Waals surface area contributed by atoms with E-state index in [2.05, 4.69) is 5.32 Å². The van der Waals surface area contributed by atoms with Crippen LogP contribution < -0.4 is 5.32 Å². The van der Waals surface area contributed by atoms with Crippen LogP contribution in [-0.4, -0.2) is 51.0 Å². The van der Waals surface area contributed by atoms with Gasteiger partial charge in [-0.3, -0.25) is 4.79 Å². The van der Waals surface area contributed by atoms with Gasteiger partial charge in [0.15, 0.2) is 0 Å². The number of carbonyl (C=O) groups excluding carboxylic acids is 1. The minimum atomic E-state index is -3.49. The van der Waals surface area contributed by atoms with Gasteiger partial charge in [-0.25, -0.2) is 8.42 Å². The maximum Gasteiger partial charge on any atom is 0.252 e. The lowest BCUT2D eigenvalue weighted by molar-refractivity contribution is -0.126. The van der Waals surface area contributed by atoms with Crippen LogP contribution >= 0.6 is 11.3 Å². The third kappa shape index (κ3) is 3.99. The van der Waals surface area contributed by atoms with Crippen molar-refractivity contribution in [3.05, 3.63) is 17.0 Å². The van der Waals surface area contributed by atoms with E-state index in [0.717, 1.165) is 30.7 Å². The Morgan fingerprint density at radius 1 is 1.38 bits per heavy atom. The van der Waals surface area contributed by atoms with Gasteiger partial charge in [-0.05, 0) is 44.7 Å². The molecule has 0 radical (unpaired) electrons. The van der Waals surface area contributed by atoms with Crippen LogP contribution in [-0.2, 0) is 19.6 Å². The Morgan fingerprint density at radius 3 is 2.88 bits per heavy atom. The number of nitrogens with zero attached hydrogens (tertiary/aromatic N) is 1. The van der Waals surface area contributed by atoms with Crippen LogP contribution in [0.15, 0.2) is 16.3 Å². The third-order valence-corrected chi connectivity index (χ3v) is 7.93. The first-order valence-electron chi connectivity index (χ1n) is 8.43. The Morgan fingerprint density at radius 2 is 2.21 bits per heavy atom. The average Bonchev–Trinajstić information content (AvgIpc) is 3.24. The summed E-state index contributed by atoms with van der Waals surface area (Å²) in [6.45, 7) is 3.91. The van der Waals surface area contributed by atoms with Gasteiger partial charge in [-0.1, -0.05) is 0 Å². The summed E-state index contributed by atoms with van der Waals surface area (Å²) in [5.74, 6) is -0.344. The summed E-state index contributed by atoms with van der Waals surface area (Å²) < 4.78 is 32.8. The molecule has 2 fully saturated rings. The Kier molecular flexibility index (Phi) is 5.59. The Bertz CT molecular complexity index is 680. The zero-order chi connectivity index (χ0) is 17.2. The van der Waals surface area contributed by atoms with Crippen molar-refractivity contribution >= 4 is 27.3 Å². The predicted octanol–water partition coefficient (Wildman–Crippen LogP) is 1.75. The van der Waals surface area contributed by atoms with Crippen molar-refractivity contribution < 1.29 is 17.9 Å². The van der Waals surface area contributed by atoms with Crippen molar-refractivity contribution in [1.82, 2.24) is 9.62 Å². The molecule has 2 aliphatic heterocycles. The third-order valence-electron chi connectivity index (χ3n) is 4.59. The molecule has 0 saturated carbocycles. The molecule has 2 aliphatic rings. The fourth-order valence-corrected chi connectivity index (χ4v) is 6.18. The van der Waals surface area contributed by atoms with Crippen molar-refractivity contribution in [2.75, 3.05) is 26.2 Å². The van der Waals surface area contributed by atoms with Gasteiger partial charge in [-0.2, -0.15) is 4.31 Å². The smallest absolute Gasteiger partial charge is 0.252 e. The second kappa shape index (κ2) is 7.51. The predicted molar refractivity (Wildman–Crippen MR) is 92.5 cm³/mol. The second-order valence-corrected chi connectivity index (χ2v) is 9.90. The number of ether oxygens (including phenoxy) is 1. The zero-order valence-electron chi connectivity index (χ0n) is 13.9. The minimum Gasteiger partial charge on any atom is -0.376 e. The topological polar surface area (TPSA) is 75.7 Å². The quantitative estimate of drug-likeness (QED) is 0.854. The number of thiophene rings is 1. The lowest BCUT2D eigenvalue weighted by Crippen LogP contribution is -2.46. The number of sulfonamides is 1. The van der Waals surface area contributed by atoms with Crippen molar-refractivity contribution in [3.8, 4) is 0 Å². The van der Waals surface area contributed by atoms with Gasteiger partial charge in [0.25, 0.3) is 10.0 Å². The molecular weight excluding hydrogens is 348 g/mol. The molecule has 1 N–H and O–H groups in total. The number of hydrogen-bond donors (Lipinski definition) is 1. The van der Waals surface area contributed by atoms with Crippen molar-refractivity contribution in [2.45, 2.75) is 42.9 Å². The SMILES string of the molecule is Cc1ccc(S(=O)(=O)N2CCCC(C(=O)NCC3CCCO3)C2)s1. The van der Waals surface area contributed by atoms with Gasteiger partial charge in [0, 0.05) is 31.1 Å². The van der Waals surface area contributed by atoms with E-state index in [4.69, 9.17) is 4.74 Å². The molecule has 8 heteroatoms. The molecule has 0 aliphatic carbocycles. The number of rotatable bonds is 5. The van der Waals surface area contributed by atoms with E-state index in [9.17, 15) is 13.2 Å². The van der Waals surface area contributed by atoms with E-state index < -0.39 is 10.0 Å². The normalized spacial score (nSPS) is 25.7. The molecule has 1 amide bonds. The lowest BCUT2D eigenvalue weighted by atomic mass is 9.99. The minimum absolute atomic E-state index is 0.0623. The summed E-state index contributed by atoms with van der Waals surface area (Å²) >= 11 is 1.28. The summed E-state index contributed by atoms with van der Waals surface area (Å²) in [6, 6.07) is 3.46. The number of hydrogen-bond acceptors (Lipinski definition) is 5. The highest BCUT2D eigenvalue weighted by Crippen LogP contribution is 2.28. The van der Waals surface area contributed by atoms with E-state index in [0.29, 0.717) is 23.7 Å². The molecule has 6 nitrogen and oxygen atoms in total. The van der Waals surface area contributed by atoms with E-state index in [1.54, 1.807) is 6.07 Å². The highest BCUT2D eigenvalue weighted by Gasteiger charge is 2.34. The van der Waals surface area contributed by atoms with E-state index in [-0.39, 0.29) is 24.5 Å².